The van der Waals surface area contributed by atoms with Crippen molar-refractivity contribution in [1.82, 2.24) is 5.43 Å². The first-order valence-electron chi connectivity index (χ1n) is 7.80. The molecule has 1 heterocycles. The number of para-hydroxylation sites is 1. The number of esters is 1. The molecule has 2 amide bonds. The third kappa shape index (κ3) is 3.72. The first-order valence-corrected chi connectivity index (χ1v) is 7.80. The number of carbonyl (C=O) groups is 3. The van der Waals surface area contributed by atoms with Crippen LogP contribution in [0.25, 0.3) is 6.08 Å². The highest BCUT2D eigenvalue weighted by Gasteiger charge is 2.34. The van der Waals surface area contributed by atoms with Crippen LogP contribution in [0.2, 0.25) is 0 Å². The zero-order valence-electron chi connectivity index (χ0n) is 14.0. The second-order valence-electron chi connectivity index (χ2n) is 5.41. The third-order valence-electron chi connectivity index (χ3n) is 3.68. The zero-order valence-corrected chi connectivity index (χ0v) is 14.0. The Labute approximate surface area is 149 Å². The van der Waals surface area contributed by atoms with E-state index >= 15 is 0 Å². The Morgan fingerprint density at radius 1 is 1.08 bits per heavy atom. The molecule has 1 saturated heterocycles. The normalized spacial score (nSPS) is 15.1. The van der Waals surface area contributed by atoms with Gasteiger partial charge in [0.2, 0.25) is 0 Å². The number of nitrogens with zero attached hydrogens (tertiary/aromatic N) is 1. The summed E-state index contributed by atoms with van der Waals surface area (Å²) in [5, 5.41) is 1.21. The average Bonchev–Trinajstić information content (AvgIpc) is 2.96. The number of hydrogen-bond donors (Lipinski definition) is 1. The Bertz CT molecular complexity index is 859. The van der Waals surface area contributed by atoms with Crippen LogP contribution in [0, 0.1) is 0 Å². The standard InChI is InChI=1S/C19H16N2O5/c1-25-17(22)12-26-15-9-7-13(8-10-15)11-16-18(23)20-21(19(16)24)14-5-3-2-4-6-14/h2-11H,12H2,1H3,(H,20,23). The summed E-state index contributed by atoms with van der Waals surface area (Å²) in [6.45, 7) is -0.191. The van der Waals surface area contributed by atoms with Crippen LogP contribution in [-0.4, -0.2) is 31.5 Å². The average molecular weight is 352 g/mol. The van der Waals surface area contributed by atoms with Gasteiger partial charge in [-0.3, -0.25) is 15.0 Å². The van der Waals surface area contributed by atoms with Crippen molar-refractivity contribution in [1.29, 1.82) is 0 Å². The lowest BCUT2D eigenvalue weighted by atomic mass is 10.1. The summed E-state index contributed by atoms with van der Waals surface area (Å²) in [5.41, 5.74) is 3.82. The number of benzene rings is 2. The number of carbonyl (C=O) groups excluding carboxylic acids is 3. The summed E-state index contributed by atoms with van der Waals surface area (Å²) in [4.78, 5) is 35.7. The Hall–Kier alpha value is -3.61. The van der Waals surface area contributed by atoms with E-state index in [1.807, 2.05) is 6.07 Å². The molecule has 0 aromatic heterocycles. The number of methoxy groups -OCH3 is 1. The smallest absolute Gasteiger partial charge is 0.343 e. The number of hydrazine groups is 1. The SMILES string of the molecule is COC(=O)COc1ccc(C=C2C(=O)NN(c3ccccc3)C2=O)cc1. The molecule has 0 radical (unpaired) electrons. The maximum absolute atomic E-state index is 12.5. The van der Waals surface area contributed by atoms with Gasteiger partial charge in [0.25, 0.3) is 11.8 Å². The predicted molar refractivity (Wildman–Crippen MR) is 94.0 cm³/mol. The molecule has 132 valence electrons. The maximum atomic E-state index is 12.5. The first-order chi connectivity index (χ1) is 12.6. The largest absolute Gasteiger partial charge is 0.482 e. The fourth-order valence-corrected chi connectivity index (χ4v) is 2.34. The Balaban J connectivity index is 1.74. The summed E-state index contributed by atoms with van der Waals surface area (Å²) >= 11 is 0. The van der Waals surface area contributed by atoms with E-state index in [9.17, 15) is 14.4 Å². The number of rotatable bonds is 5. The molecule has 1 aliphatic heterocycles. The second-order valence-corrected chi connectivity index (χ2v) is 5.41. The minimum Gasteiger partial charge on any atom is -0.482 e. The molecule has 2 aromatic carbocycles. The highest BCUT2D eigenvalue weighted by Crippen LogP contribution is 2.22. The van der Waals surface area contributed by atoms with Crippen LogP contribution in [-0.2, 0) is 19.1 Å². The van der Waals surface area contributed by atoms with Gasteiger partial charge < -0.3 is 9.47 Å². The van der Waals surface area contributed by atoms with Crippen LogP contribution in [0.5, 0.6) is 5.75 Å². The molecule has 0 saturated carbocycles. The van der Waals surface area contributed by atoms with Crippen molar-refractivity contribution in [2.24, 2.45) is 0 Å². The van der Waals surface area contributed by atoms with Crippen LogP contribution in [0.15, 0.2) is 60.2 Å². The summed E-state index contributed by atoms with van der Waals surface area (Å²) in [5.74, 6) is -0.895. The Morgan fingerprint density at radius 3 is 2.42 bits per heavy atom. The van der Waals surface area contributed by atoms with Crippen molar-refractivity contribution in [3.8, 4) is 5.75 Å². The number of nitrogens with one attached hydrogen (secondary N) is 1. The summed E-state index contributed by atoms with van der Waals surface area (Å²) < 4.78 is 9.75. The van der Waals surface area contributed by atoms with Crippen LogP contribution in [0.1, 0.15) is 5.56 Å². The minimum absolute atomic E-state index is 0.0390. The summed E-state index contributed by atoms with van der Waals surface area (Å²) in [7, 11) is 1.28. The van der Waals surface area contributed by atoms with Gasteiger partial charge in [-0.15, -0.1) is 0 Å². The van der Waals surface area contributed by atoms with Gasteiger partial charge in [0, 0.05) is 0 Å². The second kappa shape index (κ2) is 7.52. The molecule has 1 N–H and O–H groups in total. The summed E-state index contributed by atoms with van der Waals surface area (Å²) in [6.07, 6.45) is 1.50. The molecule has 0 unspecified atom stereocenters. The van der Waals surface area contributed by atoms with Crippen molar-refractivity contribution in [3.05, 3.63) is 65.7 Å². The van der Waals surface area contributed by atoms with E-state index in [0.717, 1.165) is 0 Å². The topological polar surface area (TPSA) is 84.9 Å². The van der Waals surface area contributed by atoms with Gasteiger partial charge in [-0.2, -0.15) is 0 Å². The van der Waals surface area contributed by atoms with Crippen LogP contribution in [0.4, 0.5) is 5.69 Å². The molecule has 1 fully saturated rings. The molecule has 0 aliphatic carbocycles. The van der Waals surface area contributed by atoms with E-state index < -0.39 is 17.8 Å². The zero-order chi connectivity index (χ0) is 18.5. The van der Waals surface area contributed by atoms with Crippen molar-refractivity contribution in [2.75, 3.05) is 18.7 Å². The molecule has 3 rings (SSSR count). The Kier molecular flexibility index (Phi) is 4.98. The van der Waals surface area contributed by atoms with E-state index in [2.05, 4.69) is 10.2 Å². The molecule has 7 nitrogen and oxygen atoms in total. The molecular weight excluding hydrogens is 336 g/mol. The van der Waals surface area contributed by atoms with Crippen molar-refractivity contribution in [2.45, 2.75) is 0 Å². The number of amides is 2. The molecule has 0 spiro atoms. The highest BCUT2D eigenvalue weighted by atomic mass is 16.6. The number of anilines is 1. The first kappa shape index (κ1) is 17.2. The quantitative estimate of drug-likeness (QED) is 0.503. The van der Waals surface area contributed by atoms with Gasteiger partial charge in [0.15, 0.2) is 6.61 Å². The lowest BCUT2D eigenvalue weighted by molar-refractivity contribution is -0.142. The molecule has 1 aliphatic rings. The Morgan fingerprint density at radius 2 is 1.77 bits per heavy atom. The van der Waals surface area contributed by atoms with Gasteiger partial charge in [-0.1, -0.05) is 30.3 Å². The van der Waals surface area contributed by atoms with E-state index in [1.54, 1.807) is 48.5 Å². The lowest BCUT2D eigenvalue weighted by Gasteiger charge is -2.13. The molecule has 0 atom stereocenters. The van der Waals surface area contributed by atoms with Gasteiger partial charge >= 0.3 is 5.97 Å². The van der Waals surface area contributed by atoms with E-state index in [-0.39, 0.29) is 12.2 Å². The number of ether oxygens (including phenoxy) is 2. The molecule has 2 aromatic rings. The summed E-state index contributed by atoms with van der Waals surface area (Å²) in [6, 6.07) is 15.5. The van der Waals surface area contributed by atoms with Gasteiger partial charge in [0.05, 0.1) is 12.8 Å². The van der Waals surface area contributed by atoms with Crippen LogP contribution < -0.4 is 15.2 Å². The third-order valence-corrected chi connectivity index (χ3v) is 3.68. The minimum atomic E-state index is -0.481. The fraction of sp³-hybridized carbons (Fsp3) is 0.105. The highest BCUT2D eigenvalue weighted by molar-refractivity contribution is 6.31. The van der Waals surface area contributed by atoms with Crippen molar-refractivity contribution < 1.29 is 23.9 Å². The van der Waals surface area contributed by atoms with Gasteiger partial charge in [0.1, 0.15) is 11.3 Å². The van der Waals surface area contributed by atoms with Crippen molar-refractivity contribution in [3.63, 3.8) is 0 Å². The van der Waals surface area contributed by atoms with E-state index in [4.69, 9.17) is 4.74 Å². The van der Waals surface area contributed by atoms with Gasteiger partial charge in [-0.05, 0) is 35.9 Å². The van der Waals surface area contributed by atoms with Crippen LogP contribution >= 0.6 is 0 Å². The van der Waals surface area contributed by atoms with Crippen molar-refractivity contribution >= 4 is 29.5 Å². The van der Waals surface area contributed by atoms with Gasteiger partial charge in [-0.25, -0.2) is 9.80 Å². The van der Waals surface area contributed by atoms with E-state index in [0.29, 0.717) is 17.0 Å². The predicted octanol–water partition coefficient (Wildman–Crippen LogP) is 1.70. The molecular formula is C19H16N2O5. The lowest BCUT2D eigenvalue weighted by Crippen LogP contribution is -2.35. The molecule has 0 bridgehead atoms. The molecule has 26 heavy (non-hydrogen) atoms. The maximum Gasteiger partial charge on any atom is 0.343 e. The van der Waals surface area contributed by atoms with Crippen LogP contribution in [0.3, 0.4) is 0 Å². The monoisotopic (exact) mass is 352 g/mol. The molecule has 7 heteroatoms. The van der Waals surface area contributed by atoms with E-state index in [1.165, 1.54) is 18.2 Å². The fourth-order valence-electron chi connectivity index (χ4n) is 2.34. The number of hydrogen-bond acceptors (Lipinski definition) is 5.